The number of aryl methyl sites for hydroxylation is 1. The number of thiophene rings is 1. The van der Waals surface area contributed by atoms with E-state index in [1.807, 2.05) is 89.8 Å². The fourth-order valence-electron chi connectivity index (χ4n) is 3.96. The molecular formula is C27H24N4O2S. The molecule has 5 rings (SSSR count). The molecule has 2 aromatic heterocycles. The molecule has 3 N–H and O–H groups in total. The van der Waals surface area contributed by atoms with Crippen molar-refractivity contribution < 1.29 is 9.53 Å². The van der Waals surface area contributed by atoms with Gasteiger partial charge >= 0.3 is 0 Å². The SMILES string of the molecule is COc1ccc2c(C)nn(Cc3ccc(C(=O)Nc4cc(-c5cccs5)ccc4N)cc3)c2c1. The Hall–Kier alpha value is -4.10. The molecule has 0 aliphatic carbocycles. The van der Waals surface area contributed by atoms with Crippen LogP contribution in [0.5, 0.6) is 5.75 Å². The molecule has 0 saturated carbocycles. The van der Waals surface area contributed by atoms with Gasteiger partial charge in [-0.2, -0.15) is 5.10 Å². The number of methoxy groups -OCH3 is 1. The Morgan fingerprint density at radius 3 is 2.65 bits per heavy atom. The van der Waals surface area contributed by atoms with Crippen molar-refractivity contribution in [3.05, 3.63) is 95.0 Å². The second-order valence-electron chi connectivity index (χ2n) is 8.06. The lowest BCUT2D eigenvalue weighted by Crippen LogP contribution is -2.13. The summed E-state index contributed by atoms with van der Waals surface area (Å²) < 4.78 is 7.33. The van der Waals surface area contributed by atoms with E-state index in [1.54, 1.807) is 18.4 Å². The lowest BCUT2D eigenvalue weighted by Gasteiger charge is -2.11. The van der Waals surface area contributed by atoms with Crippen molar-refractivity contribution in [1.82, 2.24) is 9.78 Å². The van der Waals surface area contributed by atoms with E-state index >= 15 is 0 Å². The van der Waals surface area contributed by atoms with Gasteiger partial charge in [0.1, 0.15) is 5.75 Å². The highest BCUT2D eigenvalue weighted by atomic mass is 32.1. The van der Waals surface area contributed by atoms with E-state index in [4.69, 9.17) is 10.5 Å². The Labute approximate surface area is 201 Å². The summed E-state index contributed by atoms with van der Waals surface area (Å²) in [5.74, 6) is 0.592. The van der Waals surface area contributed by atoms with Crippen LogP contribution in [0.2, 0.25) is 0 Å². The number of nitrogens with one attached hydrogen (secondary N) is 1. The molecule has 0 fully saturated rings. The average molecular weight is 469 g/mol. The molecular weight excluding hydrogens is 444 g/mol. The Bertz CT molecular complexity index is 1470. The standard InChI is InChI=1S/C27H24N4O2S/c1-17-22-11-10-21(33-2)15-25(22)31(30-17)16-18-5-7-19(8-6-18)27(32)29-24-14-20(9-12-23(24)28)26-4-3-13-34-26/h3-15H,16,28H2,1-2H3,(H,29,32). The van der Waals surface area contributed by atoms with Crippen LogP contribution in [0.4, 0.5) is 11.4 Å². The van der Waals surface area contributed by atoms with Gasteiger partial charge in [0.15, 0.2) is 0 Å². The Kier molecular flexibility index (Phi) is 5.77. The van der Waals surface area contributed by atoms with E-state index in [2.05, 4.69) is 10.4 Å². The summed E-state index contributed by atoms with van der Waals surface area (Å²) in [4.78, 5) is 14.0. The van der Waals surface area contributed by atoms with Crippen molar-refractivity contribution in [3.8, 4) is 16.2 Å². The number of nitrogen functional groups attached to an aromatic ring is 1. The van der Waals surface area contributed by atoms with Crippen molar-refractivity contribution >= 4 is 39.5 Å². The molecule has 5 aromatic rings. The van der Waals surface area contributed by atoms with Crippen LogP contribution in [0.3, 0.4) is 0 Å². The van der Waals surface area contributed by atoms with Gasteiger partial charge in [-0.25, -0.2) is 0 Å². The number of ether oxygens (including phenoxy) is 1. The first-order valence-corrected chi connectivity index (χ1v) is 11.7. The van der Waals surface area contributed by atoms with E-state index in [9.17, 15) is 4.79 Å². The van der Waals surface area contributed by atoms with Crippen LogP contribution in [-0.2, 0) is 6.54 Å². The fourth-order valence-corrected chi connectivity index (χ4v) is 4.68. The third-order valence-corrected chi connectivity index (χ3v) is 6.72. The predicted octanol–water partition coefficient (Wildman–Crippen LogP) is 5.96. The molecule has 0 unspecified atom stereocenters. The number of carbonyl (C=O) groups excluding carboxylic acids is 1. The Balaban J connectivity index is 1.34. The average Bonchev–Trinajstić information content (AvgIpc) is 3.49. The number of carbonyl (C=O) groups is 1. The molecule has 7 heteroatoms. The molecule has 0 atom stereocenters. The maximum Gasteiger partial charge on any atom is 0.255 e. The van der Waals surface area contributed by atoms with E-state index in [1.165, 1.54) is 0 Å². The van der Waals surface area contributed by atoms with Crippen molar-refractivity contribution in [2.75, 3.05) is 18.2 Å². The van der Waals surface area contributed by atoms with Gasteiger partial charge in [-0.1, -0.05) is 24.3 Å². The van der Waals surface area contributed by atoms with Gasteiger partial charge in [0.25, 0.3) is 5.91 Å². The third kappa shape index (κ3) is 4.25. The summed E-state index contributed by atoms with van der Waals surface area (Å²) in [6.45, 7) is 2.59. The zero-order valence-electron chi connectivity index (χ0n) is 18.9. The van der Waals surface area contributed by atoms with E-state index in [0.717, 1.165) is 38.4 Å². The van der Waals surface area contributed by atoms with Crippen LogP contribution in [0.25, 0.3) is 21.3 Å². The van der Waals surface area contributed by atoms with Crippen LogP contribution in [0.15, 0.2) is 78.2 Å². The number of nitrogens with zero attached hydrogens (tertiary/aromatic N) is 2. The van der Waals surface area contributed by atoms with Gasteiger partial charge < -0.3 is 15.8 Å². The van der Waals surface area contributed by atoms with E-state index < -0.39 is 0 Å². The van der Waals surface area contributed by atoms with Crippen LogP contribution in [0.1, 0.15) is 21.6 Å². The zero-order valence-corrected chi connectivity index (χ0v) is 19.7. The van der Waals surface area contributed by atoms with Crippen molar-refractivity contribution in [2.24, 2.45) is 0 Å². The largest absolute Gasteiger partial charge is 0.497 e. The van der Waals surface area contributed by atoms with E-state index in [0.29, 0.717) is 23.5 Å². The summed E-state index contributed by atoms with van der Waals surface area (Å²) in [5, 5.41) is 10.7. The monoisotopic (exact) mass is 468 g/mol. The van der Waals surface area contributed by atoms with Crippen LogP contribution in [-0.4, -0.2) is 22.8 Å². The number of nitrogens with two attached hydrogens (primary N) is 1. The van der Waals surface area contributed by atoms with Crippen LogP contribution < -0.4 is 15.8 Å². The second-order valence-corrected chi connectivity index (χ2v) is 9.00. The Morgan fingerprint density at radius 1 is 1.09 bits per heavy atom. The van der Waals surface area contributed by atoms with Gasteiger partial charge in [-0.15, -0.1) is 11.3 Å². The topological polar surface area (TPSA) is 82.2 Å². The highest BCUT2D eigenvalue weighted by Gasteiger charge is 2.12. The molecule has 34 heavy (non-hydrogen) atoms. The number of benzene rings is 3. The van der Waals surface area contributed by atoms with Gasteiger partial charge in [-0.05, 0) is 65.9 Å². The first-order valence-electron chi connectivity index (χ1n) is 10.9. The third-order valence-electron chi connectivity index (χ3n) is 5.80. The van der Waals surface area contributed by atoms with Crippen LogP contribution >= 0.6 is 11.3 Å². The minimum Gasteiger partial charge on any atom is -0.497 e. The number of fused-ring (bicyclic) bond motifs is 1. The fraction of sp³-hybridized carbons (Fsp3) is 0.111. The molecule has 0 radical (unpaired) electrons. The number of amides is 1. The van der Waals surface area contributed by atoms with E-state index in [-0.39, 0.29) is 5.91 Å². The number of hydrogen-bond acceptors (Lipinski definition) is 5. The van der Waals surface area contributed by atoms with Gasteiger partial charge in [0.05, 0.1) is 36.2 Å². The van der Waals surface area contributed by atoms with Gasteiger partial charge in [0.2, 0.25) is 0 Å². The van der Waals surface area contributed by atoms with Crippen molar-refractivity contribution in [3.63, 3.8) is 0 Å². The highest BCUT2D eigenvalue weighted by Crippen LogP contribution is 2.30. The molecule has 0 aliphatic rings. The lowest BCUT2D eigenvalue weighted by atomic mass is 10.1. The first kappa shape index (κ1) is 21.7. The molecule has 170 valence electrons. The summed E-state index contributed by atoms with van der Waals surface area (Å²) in [7, 11) is 1.66. The molecule has 6 nitrogen and oxygen atoms in total. The van der Waals surface area contributed by atoms with Crippen LogP contribution in [0, 0.1) is 6.92 Å². The molecule has 1 amide bonds. The van der Waals surface area contributed by atoms with Crippen molar-refractivity contribution in [1.29, 1.82) is 0 Å². The van der Waals surface area contributed by atoms with Gasteiger partial charge in [0, 0.05) is 21.9 Å². The minimum absolute atomic E-state index is 0.202. The number of anilines is 2. The Morgan fingerprint density at radius 2 is 1.91 bits per heavy atom. The quantitative estimate of drug-likeness (QED) is 0.301. The molecule has 0 saturated heterocycles. The predicted molar refractivity (Wildman–Crippen MR) is 139 cm³/mol. The summed E-state index contributed by atoms with van der Waals surface area (Å²) in [6.07, 6.45) is 0. The number of hydrogen-bond donors (Lipinski definition) is 2. The molecule has 2 heterocycles. The maximum absolute atomic E-state index is 12.9. The summed E-state index contributed by atoms with van der Waals surface area (Å²) in [6, 6.07) is 23.2. The lowest BCUT2D eigenvalue weighted by molar-refractivity contribution is 0.102. The van der Waals surface area contributed by atoms with Gasteiger partial charge in [-0.3, -0.25) is 9.48 Å². The zero-order chi connectivity index (χ0) is 23.7. The second kappa shape index (κ2) is 9.03. The molecule has 0 spiro atoms. The van der Waals surface area contributed by atoms with Crippen molar-refractivity contribution in [2.45, 2.75) is 13.5 Å². The summed E-state index contributed by atoms with van der Waals surface area (Å²) >= 11 is 1.64. The molecule has 3 aromatic carbocycles. The number of rotatable bonds is 6. The summed E-state index contributed by atoms with van der Waals surface area (Å²) in [5.41, 5.74) is 11.9. The number of aromatic nitrogens is 2. The highest BCUT2D eigenvalue weighted by molar-refractivity contribution is 7.13. The molecule has 0 bridgehead atoms. The maximum atomic E-state index is 12.9. The smallest absolute Gasteiger partial charge is 0.255 e. The first-order chi connectivity index (χ1) is 16.5. The molecule has 0 aliphatic heterocycles. The normalized spacial score (nSPS) is 11.0. The minimum atomic E-state index is -0.202.